The summed E-state index contributed by atoms with van der Waals surface area (Å²) in [6.07, 6.45) is 5.52. The minimum absolute atomic E-state index is 0.221. The minimum atomic E-state index is 0.221. The Hall–Kier alpha value is -6.05. The van der Waals surface area contributed by atoms with E-state index < -0.39 is 0 Å². The topological polar surface area (TPSA) is 54.5 Å². The normalized spacial score (nSPS) is 15.1. The molecule has 45 heavy (non-hydrogen) atoms. The lowest BCUT2D eigenvalue weighted by Crippen LogP contribution is -2.28. The smallest absolute Gasteiger partial charge is 0.160 e. The van der Waals surface area contributed by atoms with Gasteiger partial charge >= 0.3 is 0 Å². The van der Waals surface area contributed by atoms with Crippen molar-refractivity contribution in [1.29, 1.82) is 5.26 Å². The zero-order chi connectivity index (χ0) is 29.4. The summed E-state index contributed by atoms with van der Waals surface area (Å²) in [5.74, 6) is 0.221. The Morgan fingerprint density at radius 1 is 0.578 bits per heavy atom. The van der Waals surface area contributed by atoms with Crippen LogP contribution in [0.15, 0.2) is 112 Å². The van der Waals surface area contributed by atoms with E-state index in [0.717, 1.165) is 66.5 Å². The Bertz CT molecular complexity index is 2930. The number of rotatable bonds is 1. The highest BCUT2D eigenvalue weighted by Crippen LogP contribution is 2.47. The second-order valence-corrected chi connectivity index (χ2v) is 12.3. The third-order valence-electron chi connectivity index (χ3n) is 10.0. The lowest BCUT2D eigenvalue weighted by atomic mass is 9.88. The monoisotopic (exact) mass is 574 g/mol. The molecule has 10 aromatic rings. The van der Waals surface area contributed by atoms with Crippen LogP contribution >= 0.6 is 0 Å². The van der Waals surface area contributed by atoms with Gasteiger partial charge in [0.05, 0.1) is 28.2 Å². The third kappa shape index (κ3) is 2.90. The molecule has 4 heterocycles. The van der Waals surface area contributed by atoms with E-state index >= 15 is 0 Å². The molecule has 0 spiro atoms. The van der Waals surface area contributed by atoms with Crippen molar-refractivity contribution in [1.82, 2.24) is 4.40 Å². The Morgan fingerprint density at radius 2 is 1.18 bits per heavy atom. The van der Waals surface area contributed by atoms with Crippen molar-refractivity contribution >= 4 is 94.1 Å². The number of hydrogen-bond acceptors (Lipinski definition) is 3. The lowest BCUT2D eigenvalue weighted by molar-refractivity contribution is 0.670. The summed E-state index contributed by atoms with van der Waals surface area (Å²) in [6.45, 7) is 0. The van der Waals surface area contributed by atoms with Crippen LogP contribution in [-0.4, -0.2) is 4.40 Å². The summed E-state index contributed by atoms with van der Waals surface area (Å²) >= 11 is 0. The number of aromatic nitrogens is 1. The summed E-state index contributed by atoms with van der Waals surface area (Å²) in [5, 5.41) is 21.0. The maximum absolute atomic E-state index is 9.40. The predicted molar refractivity (Wildman–Crippen MR) is 182 cm³/mol. The van der Waals surface area contributed by atoms with Gasteiger partial charge in [-0.25, -0.2) is 0 Å². The first-order chi connectivity index (χ1) is 22.2. The van der Waals surface area contributed by atoms with Gasteiger partial charge < -0.3 is 13.2 Å². The first kappa shape index (κ1) is 23.4. The number of nitrogens with zero attached hydrogens (tertiary/aromatic N) is 2. The average molecular weight is 575 g/mol. The van der Waals surface area contributed by atoms with Gasteiger partial charge in [-0.15, -0.1) is 0 Å². The molecule has 0 saturated carbocycles. The van der Waals surface area contributed by atoms with Crippen molar-refractivity contribution in [2.24, 2.45) is 0 Å². The molecular weight excluding hydrogens is 552 g/mol. The molecule has 4 heteroatoms. The van der Waals surface area contributed by atoms with Gasteiger partial charge in [-0.05, 0) is 71.0 Å². The van der Waals surface area contributed by atoms with Gasteiger partial charge in [0.15, 0.2) is 11.2 Å². The molecule has 0 aliphatic heterocycles. The fraction of sp³-hybridized carbons (Fsp3) is 0.0488. The lowest BCUT2D eigenvalue weighted by Gasteiger charge is -2.15. The molecule has 4 aromatic heterocycles. The van der Waals surface area contributed by atoms with Crippen LogP contribution in [0.3, 0.4) is 0 Å². The van der Waals surface area contributed by atoms with E-state index in [2.05, 4.69) is 101 Å². The first-order valence-corrected chi connectivity index (χ1v) is 15.3. The molecule has 0 radical (unpaired) electrons. The zero-order valence-corrected chi connectivity index (χ0v) is 24.0. The van der Waals surface area contributed by atoms with Crippen LogP contribution < -0.4 is 10.4 Å². The van der Waals surface area contributed by atoms with Crippen molar-refractivity contribution in [3.05, 3.63) is 125 Å². The van der Waals surface area contributed by atoms with Gasteiger partial charge in [0.2, 0.25) is 0 Å². The number of para-hydroxylation sites is 2. The second-order valence-electron chi connectivity index (χ2n) is 12.3. The van der Waals surface area contributed by atoms with Gasteiger partial charge in [0.25, 0.3) is 0 Å². The summed E-state index contributed by atoms with van der Waals surface area (Å²) in [4.78, 5) is 0. The Morgan fingerprint density at radius 3 is 1.80 bits per heavy atom. The standard InChI is InChI=1S/C41H22N2O2/c42-21-22-9-10-24-18-25(12-11-23(24)17-22)26-19-33-29-13-15-31-27-5-1-3-7-35(27)44-40(31)38(29)43-37(33)34(20-26)30-14-16-32-28-6-2-4-8-36(28)45-41(32)39(30)43/h1-11,13-20,25H,12H2. The molecule has 1 aliphatic rings. The van der Waals surface area contributed by atoms with Crippen LogP contribution in [-0.2, 0) is 0 Å². The van der Waals surface area contributed by atoms with Crippen LogP contribution in [0.25, 0.3) is 94.1 Å². The highest BCUT2D eigenvalue weighted by atomic mass is 16.3. The molecular formula is C41H22N2O2. The van der Waals surface area contributed by atoms with Gasteiger partial charge in [-0.1, -0.05) is 66.7 Å². The fourth-order valence-electron chi connectivity index (χ4n) is 8.03. The van der Waals surface area contributed by atoms with Crippen molar-refractivity contribution in [2.75, 3.05) is 0 Å². The predicted octanol–water partition coefficient (Wildman–Crippen LogP) is 9.26. The molecule has 1 atom stereocenters. The first-order valence-electron chi connectivity index (χ1n) is 15.3. The molecule has 1 aliphatic carbocycles. The summed E-state index contributed by atoms with van der Waals surface area (Å²) < 4.78 is 15.7. The Kier molecular flexibility index (Phi) is 4.22. The van der Waals surface area contributed by atoms with Crippen molar-refractivity contribution in [2.45, 2.75) is 12.3 Å². The van der Waals surface area contributed by atoms with E-state index in [4.69, 9.17) is 8.83 Å². The molecule has 1 unspecified atom stereocenters. The molecule has 0 bridgehead atoms. The number of nitriles is 1. The average Bonchev–Trinajstić information content (AvgIpc) is 3.83. The SMILES string of the molecule is N#Cc1ccc2c(c1)=CCC(c1cc3c4ccc5c6ccccc6oc5c4n4c3c(c1)c1ccc3c5ccccc5oc3c14)C=2. The second kappa shape index (κ2) is 8.11. The van der Waals surface area contributed by atoms with E-state index in [9.17, 15) is 5.26 Å². The number of hydrogen-bond donors (Lipinski definition) is 0. The molecule has 0 fully saturated rings. The van der Waals surface area contributed by atoms with E-state index in [1.807, 2.05) is 24.3 Å². The highest BCUT2D eigenvalue weighted by molar-refractivity contribution is 6.31. The van der Waals surface area contributed by atoms with Crippen LogP contribution in [0.1, 0.15) is 23.5 Å². The number of benzene rings is 6. The van der Waals surface area contributed by atoms with Crippen LogP contribution in [0.5, 0.6) is 0 Å². The maximum atomic E-state index is 9.40. The summed E-state index contributed by atoms with van der Waals surface area (Å²) in [6, 6.07) is 38.6. The maximum Gasteiger partial charge on any atom is 0.160 e. The molecule has 6 aromatic carbocycles. The molecule has 0 saturated heterocycles. The van der Waals surface area contributed by atoms with Gasteiger partial charge in [-0.2, -0.15) is 5.26 Å². The van der Waals surface area contributed by atoms with Crippen LogP contribution in [0.4, 0.5) is 0 Å². The van der Waals surface area contributed by atoms with Crippen molar-refractivity contribution in [3.63, 3.8) is 0 Å². The molecule has 208 valence electrons. The van der Waals surface area contributed by atoms with E-state index in [0.29, 0.717) is 5.56 Å². The Balaban J connectivity index is 1.32. The van der Waals surface area contributed by atoms with Gasteiger partial charge in [-0.3, -0.25) is 0 Å². The van der Waals surface area contributed by atoms with E-state index in [1.54, 1.807) is 0 Å². The minimum Gasteiger partial charge on any atom is -0.454 e. The van der Waals surface area contributed by atoms with E-state index in [-0.39, 0.29) is 5.92 Å². The fourth-order valence-corrected chi connectivity index (χ4v) is 8.03. The van der Waals surface area contributed by atoms with Gasteiger partial charge in [0, 0.05) is 49.0 Å². The molecule has 0 N–H and O–H groups in total. The number of fused-ring (bicyclic) bond motifs is 15. The van der Waals surface area contributed by atoms with Crippen molar-refractivity contribution < 1.29 is 8.83 Å². The molecule has 4 nitrogen and oxygen atoms in total. The van der Waals surface area contributed by atoms with E-state index in [1.165, 1.54) is 37.8 Å². The van der Waals surface area contributed by atoms with Crippen LogP contribution in [0, 0.1) is 11.3 Å². The third-order valence-corrected chi connectivity index (χ3v) is 10.0. The number of furan rings is 2. The summed E-state index contributed by atoms with van der Waals surface area (Å²) in [7, 11) is 0. The van der Waals surface area contributed by atoms with Gasteiger partial charge in [0.1, 0.15) is 11.2 Å². The summed E-state index contributed by atoms with van der Waals surface area (Å²) in [5.41, 5.74) is 8.93. The molecule has 0 amide bonds. The largest absolute Gasteiger partial charge is 0.454 e. The highest BCUT2D eigenvalue weighted by Gasteiger charge is 2.26. The van der Waals surface area contributed by atoms with Crippen molar-refractivity contribution in [3.8, 4) is 6.07 Å². The Labute approximate surface area is 255 Å². The van der Waals surface area contributed by atoms with Crippen LogP contribution in [0.2, 0.25) is 0 Å². The zero-order valence-electron chi connectivity index (χ0n) is 24.0. The quantitative estimate of drug-likeness (QED) is 0.196. The molecule has 11 rings (SSSR count).